The molecule has 0 fully saturated rings. The van der Waals surface area contributed by atoms with E-state index >= 15 is 0 Å². The van der Waals surface area contributed by atoms with Crippen LogP contribution < -0.4 is 19.5 Å². The topological polar surface area (TPSA) is 74.1 Å². The van der Waals surface area contributed by atoms with Crippen molar-refractivity contribution in [2.24, 2.45) is 0 Å². The number of ether oxygens (including phenoxy) is 3. The Labute approximate surface area is 190 Å². The maximum Gasteiger partial charge on any atom is 0.255 e. The lowest BCUT2D eigenvalue weighted by molar-refractivity contribution is 0.102. The first kappa shape index (κ1) is 21.5. The second kappa shape index (κ2) is 9.20. The second-order valence-corrected chi connectivity index (χ2v) is 7.57. The number of fused-ring (bicyclic) bond motifs is 1. The molecule has 8 heteroatoms. The van der Waals surface area contributed by atoms with Crippen molar-refractivity contribution in [2.75, 3.05) is 19.5 Å². The van der Waals surface area contributed by atoms with Crippen LogP contribution in [-0.4, -0.2) is 29.5 Å². The molecule has 1 N–H and O–H groups in total. The molecule has 2 heterocycles. The van der Waals surface area contributed by atoms with E-state index in [0.29, 0.717) is 33.5 Å². The fraction of sp³-hybridized carbons (Fsp3) is 0.167. The average molecular weight is 452 g/mol. The summed E-state index contributed by atoms with van der Waals surface area (Å²) in [4.78, 5) is 17.4. The van der Waals surface area contributed by atoms with Crippen LogP contribution >= 0.6 is 11.6 Å². The number of anilines is 1. The SMILES string of the molecule is COc1cc(OC)c(NC(=O)c2cccc(OCc3cn4cc(C)ccc4n3)c2)cc1Cl. The maximum absolute atomic E-state index is 12.8. The Balaban J connectivity index is 1.47. The number of methoxy groups -OCH3 is 2. The molecule has 0 unspecified atom stereocenters. The van der Waals surface area contributed by atoms with Gasteiger partial charge in [-0.2, -0.15) is 0 Å². The molecule has 32 heavy (non-hydrogen) atoms. The molecule has 2 aromatic carbocycles. The minimum Gasteiger partial charge on any atom is -0.495 e. The van der Waals surface area contributed by atoms with Gasteiger partial charge in [0.25, 0.3) is 5.91 Å². The van der Waals surface area contributed by atoms with E-state index in [2.05, 4.69) is 10.3 Å². The van der Waals surface area contributed by atoms with Crippen LogP contribution in [0.1, 0.15) is 21.6 Å². The van der Waals surface area contributed by atoms with Gasteiger partial charge in [0.15, 0.2) is 0 Å². The molecule has 4 aromatic rings. The number of hydrogen-bond acceptors (Lipinski definition) is 5. The Bertz CT molecular complexity index is 1290. The number of carbonyl (C=O) groups excluding carboxylic acids is 1. The molecule has 0 saturated carbocycles. The zero-order valence-corrected chi connectivity index (χ0v) is 18.6. The third-order valence-corrected chi connectivity index (χ3v) is 5.15. The number of benzene rings is 2. The molecule has 0 aliphatic heterocycles. The largest absolute Gasteiger partial charge is 0.495 e. The van der Waals surface area contributed by atoms with Gasteiger partial charge >= 0.3 is 0 Å². The average Bonchev–Trinajstić information content (AvgIpc) is 3.20. The first-order valence-electron chi connectivity index (χ1n) is 9.87. The highest BCUT2D eigenvalue weighted by atomic mass is 35.5. The number of nitrogens with one attached hydrogen (secondary N) is 1. The van der Waals surface area contributed by atoms with E-state index in [9.17, 15) is 4.79 Å². The zero-order valence-electron chi connectivity index (χ0n) is 17.9. The zero-order chi connectivity index (χ0) is 22.7. The van der Waals surface area contributed by atoms with E-state index < -0.39 is 0 Å². The number of halogens is 1. The molecule has 164 valence electrons. The summed E-state index contributed by atoms with van der Waals surface area (Å²) in [6, 6.07) is 14.1. The van der Waals surface area contributed by atoms with Crippen LogP contribution in [0.4, 0.5) is 5.69 Å². The summed E-state index contributed by atoms with van der Waals surface area (Å²) in [5.41, 5.74) is 3.67. The van der Waals surface area contributed by atoms with Crippen LogP contribution in [0.2, 0.25) is 5.02 Å². The van der Waals surface area contributed by atoms with Gasteiger partial charge in [-0.1, -0.05) is 23.7 Å². The predicted molar refractivity (Wildman–Crippen MR) is 123 cm³/mol. The highest BCUT2D eigenvalue weighted by molar-refractivity contribution is 6.32. The summed E-state index contributed by atoms with van der Waals surface area (Å²) in [6.07, 6.45) is 3.94. The molecule has 0 aliphatic rings. The van der Waals surface area contributed by atoms with Crippen molar-refractivity contribution in [3.8, 4) is 17.2 Å². The van der Waals surface area contributed by atoms with Crippen LogP contribution in [0, 0.1) is 6.92 Å². The summed E-state index contributed by atoms with van der Waals surface area (Å²) in [5.74, 6) is 1.14. The molecule has 1 amide bonds. The van der Waals surface area contributed by atoms with E-state index in [1.54, 1.807) is 36.4 Å². The van der Waals surface area contributed by atoms with Crippen LogP contribution in [0.3, 0.4) is 0 Å². The van der Waals surface area contributed by atoms with Gasteiger partial charge in [0.05, 0.1) is 30.6 Å². The van der Waals surface area contributed by atoms with Crippen molar-refractivity contribution in [1.82, 2.24) is 9.38 Å². The lowest BCUT2D eigenvalue weighted by Gasteiger charge is -2.13. The Morgan fingerprint density at radius 1 is 1.06 bits per heavy atom. The Morgan fingerprint density at radius 2 is 1.88 bits per heavy atom. The standard InChI is InChI=1S/C24H22ClN3O4/c1-15-7-8-23-26-17(13-28(23)12-15)14-32-18-6-4-5-16(9-18)24(29)27-20-10-19(25)21(30-2)11-22(20)31-3/h4-13H,14H2,1-3H3,(H,27,29). The van der Waals surface area contributed by atoms with E-state index in [0.717, 1.165) is 16.9 Å². The lowest BCUT2D eigenvalue weighted by Crippen LogP contribution is -2.13. The first-order valence-corrected chi connectivity index (χ1v) is 10.2. The summed E-state index contributed by atoms with van der Waals surface area (Å²) < 4.78 is 18.4. The Kier molecular flexibility index (Phi) is 6.18. The molecule has 0 radical (unpaired) electrons. The molecule has 4 rings (SSSR count). The summed E-state index contributed by atoms with van der Waals surface area (Å²) in [5, 5.41) is 3.18. The summed E-state index contributed by atoms with van der Waals surface area (Å²) in [6.45, 7) is 2.31. The van der Waals surface area contributed by atoms with Gasteiger partial charge in [0.2, 0.25) is 0 Å². The molecule has 0 atom stereocenters. The lowest BCUT2D eigenvalue weighted by atomic mass is 10.2. The third-order valence-electron chi connectivity index (χ3n) is 4.85. The number of pyridine rings is 1. The van der Waals surface area contributed by atoms with Crippen molar-refractivity contribution in [2.45, 2.75) is 13.5 Å². The van der Waals surface area contributed by atoms with Crippen LogP contribution in [0.5, 0.6) is 17.2 Å². The van der Waals surface area contributed by atoms with Crippen LogP contribution in [0.25, 0.3) is 5.65 Å². The minimum atomic E-state index is -0.321. The molecule has 7 nitrogen and oxygen atoms in total. The minimum absolute atomic E-state index is 0.285. The van der Waals surface area contributed by atoms with Gasteiger partial charge in [-0.3, -0.25) is 4.79 Å². The quantitative estimate of drug-likeness (QED) is 0.421. The monoisotopic (exact) mass is 451 g/mol. The number of aryl methyl sites for hydroxylation is 1. The van der Waals surface area contributed by atoms with Gasteiger partial charge in [-0.25, -0.2) is 4.98 Å². The van der Waals surface area contributed by atoms with Gasteiger partial charge in [-0.05, 0) is 42.8 Å². The van der Waals surface area contributed by atoms with Crippen LogP contribution in [-0.2, 0) is 6.61 Å². The normalized spacial score (nSPS) is 10.8. The molecule has 0 aliphatic carbocycles. The van der Waals surface area contributed by atoms with E-state index in [1.165, 1.54) is 14.2 Å². The smallest absolute Gasteiger partial charge is 0.255 e. The number of aromatic nitrogens is 2. The van der Waals surface area contributed by atoms with Gasteiger partial charge < -0.3 is 23.9 Å². The predicted octanol–water partition coefficient (Wildman–Crippen LogP) is 5.14. The molecule has 0 spiro atoms. The number of rotatable bonds is 7. The van der Waals surface area contributed by atoms with Crippen molar-refractivity contribution < 1.29 is 19.0 Å². The van der Waals surface area contributed by atoms with Crippen LogP contribution in [0.15, 0.2) is 60.9 Å². The van der Waals surface area contributed by atoms with Gasteiger partial charge in [-0.15, -0.1) is 0 Å². The van der Waals surface area contributed by atoms with Gasteiger partial charge in [0.1, 0.15) is 29.5 Å². The Hall–Kier alpha value is -3.71. The number of hydrogen-bond donors (Lipinski definition) is 1. The number of carbonyl (C=O) groups is 1. The maximum atomic E-state index is 12.8. The first-order chi connectivity index (χ1) is 15.5. The summed E-state index contributed by atoms with van der Waals surface area (Å²) >= 11 is 6.19. The highest BCUT2D eigenvalue weighted by Gasteiger charge is 2.14. The molecule has 2 aromatic heterocycles. The number of nitrogens with zero attached hydrogens (tertiary/aromatic N) is 2. The van der Waals surface area contributed by atoms with Crippen molar-refractivity contribution in [3.05, 3.63) is 82.8 Å². The molecular weight excluding hydrogens is 430 g/mol. The number of amides is 1. The van der Waals surface area contributed by atoms with E-state index in [-0.39, 0.29) is 12.5 Å². The van der Waals surface area contributed by atoms with Crippen molar-refractivity contribution in [1.29, 1.82) is 0 Å². The number of imidazole rings is 1. The summed E-state index contributed by atoms with van der Waals surface area (Å²) in [7, 11) is 3.02. The highest BCUT2D eigenvalue weighted by Crippen LogP contribution is 2.36. The van der Waals surface area contributed by atoms with Crippen molar-refractivity contribution >= 4 is 28.8 Å². The van der Waals surface area contributed by atoms with Gasteiger partial charge in [0, 0.05) is 24.0 Å². The fourth-order valence-electron chi connectivity index (χ4n) is 3.26. The Morgan fingerprint density at radius 3 is 2.66 bits per heavy atom. The third kappa shape index (κ3) is 4.63. The second-order valence-electron chi connectivity index (χ2n) is 7.16. The van der Waals surface area contributed by atoms with Crippen molar-refractivity contribution in [3.63, 3.8) is 0 Å². The molecular formula is C24H22ClN3O4. The molecule has 0 bridgehead atoms. The molecule has 0 saturated heterocycles. The van der Waals surface area contributed by atoms with E-state index in [4.69, 9.17) is 25.8 Å². The van der Waals surface area contributed by atoms with E-state index in [1.807, 2.05) is 35.9 Å². The fourth-order valence-corrected chi connectivity index (χ4v) is 3.50.